The maximum absolute atomic E-state index is 13.0. The molecule has 1 aromatic heterocycles. The van der Waals surface area contributed by atoms with Crippen molar-refractivity contribution < 1.29 is 4.39 Å². The molecule has 0 spiro atoms. The molecule has 1 aliphatic rings. The number of halogens is 1. The lowest BCUT2D eigenvalue weighted by molar-refractivity contribution is 0.620. The standard InChI is InChI=1S/C16H20FN5/c1-11-8-15(21-16(18)20-11)19-9-12-6-7-22(10-12)14-4-2-13(17)3-5-14/h2-5,8,12H,6-7,9-10H2,1H3,(H3,18,19,20,21). The molecule has 2 aromatic rings. The number of benzene rings is 1. The van der Waals surface area contributed by atoms with Crippen molar-refractivity contribution >= 4 is 17.5 Å². The topological polar surface area (TPSA) is 67.1 Å². The summed E-state index contributed by atoms with van der Waals surface area (Å²) in [5.41, 5.74) is 7.58. The summed E-state index contributed by atoms with van der Waals surface area (Å²) in [7, 11) is 0. The Morgan fingerprint density at radius 3 is 2.82 bits per heavy atom. The summed E-state index contributed by atoms with van der Waals surface area (Å²) in [4.78, 5) is 10.5. The van der Waals surface area contributed by atoms with Gasteiger partial charge in [-0.15, -0.1) is 0 Å². The van der Waals surface area contributed by atoms with Gasteiger partial charge in [0.1, 0.15) is 11.6 Å². The highest BCUT2D eigenvalue weighted by molar-refractivity contribution is 5.47. The number of aryl methyl sites for hydroxylation is 1. The number of anilines is 3. The average Bonchev–Trinajstić information content (AvgIpc) is 2.94. The van der Waals surface area contributed by atoms with Gasteiger partial charge in [-0.1, -0.05) is 0 Å². The first-order valence-corrected chi connectivity index (χ1v) is 7.46. The molecular weight excluding hydrogens is 281 g/mol. The van der Waals surface area contributed by atoms with Crippen LogP contribution < -0.4 is 16.0 Å². The quantitative estimate of drug-likeness (QED) is 0.908. The van der Waals surface area contributed by atoms with Crippen molar-refractivity contribution in [2.45, 2.75) is 13.3 Å². The molecule has 1 aromatic carbocycles. The van der Waals surface area contributed by atoms with Crippen molar-refractivity contribution in [2.75, 3.05) is 35.6 Å². The predicted molar refractivity (Wildman–Crippen MR) is 86.4 cm³/mol. The van der Waals surface area contributed by atoms with Crippen LogP contribution in [0.3, 0.4) is 0 Å². The highest BCUT2D eigenvalue weighted by Crippen LogP contribution is 2.24. The maximum atomic E-state index is 13.0. The van der Waals surface area contributed by atoms with Gasteiger partial charge in [-0.05, 0) is 43.5 Å². The molecular formula is C16H20FN5. The Hall–Kier alpha value is -2.37. The largest absolute Gasteiger partial charge is 0.371 e. The lowest BCUT2D eigenvalue weighted by Crippen LogP contribution is -2.22. The first-order valence-electron chi connectivity index (χ1n) is 7.46. The van der Waals surface area contributed by atoms with E-state index in [0.717, 1.165) is 43.3 Å². The Morgan fingerprint density at radius 1 is 1.32 bits per heavy atom. The van der Waals surface area contributed by atoms with Crippen molar-refractivity contribution in [3.05, 3.63) is 41.8 Å². The molecule has 1 atom stereocenters. The van der Waals surface area contributed by atoms with Crippen molar-refractivity contribution in [1.82, 2.24) is 9.97 Å². The first-order chi connectivity index (χ1) is 10.6. The maximum Gasteiger partial charge on any atom is 0.222 e. The summed E-state index contributed by atoms with van der Waals surface area (Å²) < 4.78 is 13.0. The fraction of sp³-hybridized carbons (Fsp3) is 0.375. The minimum atomic E-state index is -0.196. The van der Waals surface area contributed by atoms with E-state index in [1.807, 2.05) is 25.1 Å². The highest BCUT2D eigenvalue weighted by atomic mass is 19.1. The fourth-order valence-corrected chi connectivity index (χ4v) is 2.82. The SMILES string of the molecule is Cc1cc(NCC2CCN(c3ccc(F)cc3)C2)nc(N)n1. The summed E-state index contributed by atoms with van der Waals surface area (Å²) in [5, 5.41) is 3.33. The number of rotatable bonds is 4. The van der Waals surface area contributed by atoms with Crippen LogP contribution in [0.25, 0.3) is 0 Å². The van der Waals surface area contributed by atoms with Gasteiger partial charge in [0.15, 0.2) is 0 Å². The van der Waals surface area contributed by atoms with Gasteiger partial charge < -0.3 is 16.0 Å². The zero-order chi connectivity index (χ0) is 15.5. The molecule has 0 saturated carbocycles. The monoisotopic (exact) mass is 301 g/mol. The molecule has 116 valence electrons. The van der Waals surface area contributed by atoms with Gasteiger partial charge in [-0.25, -0.2) is 9.37 Å². The van der Waals surface area contributed by atoms with Crippen molar-refractivity contribution in [3.8, 4) is 0 Å². The molecule has 5 nitrogen and oxygen atoms in total. The van der Waals surface area contributed by atoms with Gasteiger partial charge in [0.25, 0.3) is 0 Å². The third kappa shape index (κ3) is 3.44. The summed E-state index contributed by atoms with van der Waals surface area (Å²) >= 11 is 0. The van der Waals surface area contributed by atoms with E-state index in [9.17, 15) is 4.39 Å². The number of nitrogen functional groups attached to an aromatic ring is 1. The van der Waals surface area contributed by atoms with Crippen LogP contribution in [0.4, 0.5) is 21.8 Å². The normalized spacial score (nSPS) is 17.7. The van der Waals surface area contributed by atoms with Gasteiger partial charge in [0.05, 0.1) is 0 Å². The average molecular weight is 301 g/mol. The molecule has 1 fully saturated rings. The van der Waals surface area contributed by atoms with Gasteiger partial charge >= 0.3 is 0 Å². The number of nitrogens with zero attached hydrogens (tertiary/aromatic N) is 3. The Labute approximate surface area is 129 Å². The summed E-state index contributed by atoms with van der Waals surface area (Å²) in [6, 6.07) is 8.57. The minimum Gasteiger partial charge on any atom is -0.371 e. The fourth-order valence-electron chi connectivity index (χ4n) is 2.82. The molecule has 1 aliphatic heterocycles. The van der Waals surface area contributed by atoms with E-state index in [4.69, 9.17) is 5.73 Å². The lowest BCUT2D eigenvalue weighted by Gasteiger charge is -2.19. The van der Waals surface area contributed by atoms with Crippen LogP contribution in [-0.4, -0.2) is 29.6 Å². The third-order valence-corrected chi connectivity index (χ3v) is 3.92. The highest BCUT2D eigenvalue weighted by Gasteiger charge is 2.22. The second kappa shape index (κ2) is 6.17. The molecule has 0 radical (unpaired) electrons. The third-order valence-electron chi connectivity index (χ3n) is 3.92. The van der Waals surface area contributed by atoms with Crippen LogP contribution in [0.2, 0.25) is 0 Å². The van der Waals surface area contributed by atoms with Crippen molar-refractivity contribution in [3.63, 3.8) is 0 Å². The minimum absolute atomic E-state index is 0.196. The van der Waals surface area contributed by atoms with Crippen molar-refractivity contribution in [2.24, 2.45) is 5.92 Å². The number of nitrogens with one attached hydrogen (secondary N) is 1. The van der Waals surface area contributed by atoms with Crippen LogP contribution in [0.15, 0.2) is 30.3 Å². The molecule has 22 heavy (non-hydrogen) atoms. The van der Waals surface area contributed by atoms with E-state index in [-0.39, 0.29) is 5.82 Å². The second-order valence-corrected chi connectivity index (χ2v) is 5.71. The van der Waals surface area contributed by atoms with E-state index in [1.54, 1.807) is 0 Å². The van der Waals surface area contributed by atoms with Crippen LogP contribution in [0.1, 0.15) is 12.1 Å². The van der Waals surface area contributed by atoms with Crippen LogP contribution >= 0.6 is 0 Å². The van der Waals surface area contributed by atoms with E-state index in [2.05, 4.69) is 20.2 Å². The Morgan fingerprint density at radius 2 is 2.09 bits per heavy atom. The van der Waals surface area contributed by atoms with Gasteiger partial charge in [0, 0.05) is 37.1 Å². The van der Waals surface area contributed by atoms with E-state index >= 15 is 0 Å². The molecule has 6 heteroatoms. The Kier molecular flexibility index (Phi) is 4.09. The summed E-state index contributed by atoms with van der Waals surface area (Å²) in [5.74, 6) is 1.39. The molecule has 3 N–H and O–H groups in total. The molecule has 1 unspecified atom stereocenters. The van der Waals surface area contributed by atoms with Gasteiger partial charge in [-0.2, -0.15) is 4.98 Å². The Bertz CT molecular complexity index is 623. The van der Waals surface area contributed by atoms with Crippen LogP contribution in [0, 0.1) is 18.7 Å². The smallest absolute Gasteiger partial charge is 0.222 e. The molecule has 3 rings (SSSR count). The second-order valence-electron chi connectivity index (χ2n) is 5.71. The number of nitrogens with two attached hydrogens (primary N) is 1. The van der Waals surface area contributed by atoms with E-state index in [1.165, 1.54) is 12.1 Å². The first kappa shape index (κ1) is 14.6. The van der Waals surface area contributed by atoms with Crippen LogP contribution in [-0.2, 0) is 0 Å². The Balaban J connectivity index is 1.55. The number of hydrogen-bond acceptors (Lipinski definition) is 5. The van der Waals surface area contributed by atoms with Gasteiger partial charge in [0.2, 0.25) is 5.95 Å². The number of aromatic nitrogens is 2. The molecule has 0 amide bonds. The molecule has 0 bridgehead atoms. The van der Waals surface area contributed by atoms with Crippen LogP contribution in [0.5, 0.6) is 0 Å². The number of hydrogen-bond donors (Lipinski definition) is 2. The zero-order valence-corrected chi connectivity index (χ0v) is 12.6. The summed E-state index contributed by atoms with van der Waals surface area (Å²) in [6.45, 7) is 4.68. The molecule has 0 aliphatic carbocycles. The molecule has 1 saturated heterocycles. The van der Waals surface area contributed by atoms with E-state index in [0.29, 0.717) is 11.9 Å². The van der Waals surface area contributed by atoms with Crippen molar-refractivity contribution in [1.29, 1.82) is 0 Å². The predicted octanol–water partition coefficient (Wildman–Crippen LogP) is 2.44. The molecule has 2 heterocycles. The zero-order valence-electron chi connectivity index (χ0n) is 12.6. The lowest BCUT2D eigenvalue weighted by atomic mass is 10.1. The van der Waals surface area contributed by atoms with E-state index < -0.39 is 0 Å². The summed E-state index contributed by atoms with van der Waals surface area (Å²) in [6.07, 6.45) is 1.10. The van der Waals surface area contributed by atoms with Gasteiger partial charge in [-0.3, -0.25) is 0 Å².